The summed E-state index contributed by atoms with van der Waals surface area (Å²) in [5.74, 6) is 0.925. The Hall–Kier alpha value is -1.02. The van der Waals surface area contributed by atoms with Crippen molar-refractivity contribution in [3.05, 3.63) is 35.2 Å². The van der Waals surface area contributed by atoms with Crippen molar-refractivity contribution in [2.75, 3.05) is 7.11 Å². The summed E-state index contributed by atoms with van der Waals surface area (Å²) in [5.41, 5.74) is 1.32. The molecule has 0 amide bonds. The molecular weight excluding hydrogens is 280 g/mol. The number of benzene rings is 1. The summed E-state index contributed by atoms with van der Waals surface area (Å²) < 4.78 is 40.4. The van der Waals surface area contributed by atoms with E-state index in [-0.39, 0.29) is 0 Å². The largest absolute Gasteiger partial charge is 0.497 e. The number of rotatable bonds is 1. The van der Waals surface area contributed by atoms with E-state index in [1.54, 1.807) is 18.4 Å². The van der Waals surface area contributed by atoms with Gasteiger partial charge in [0.25, 0.3) is 0 Å². The van der Waals surface area contributed by atoms with Gasteiger partial charge in [0.05, 0.1) is 7.11 Å². The quantitative estimate of drug-likeness (QED) is 0.610. The van der Waals surface area contributed by atoms with Gasteiger partial charge in [-0.05, 0) is 30.7 Å². The first-order valence-electron chi connectivity index (χ1n) is 4.78. The maximum atomic E-state index is 8.49. The summed E-state index contributed by atoms with van der Waals surface area (Å²) in [6, 6.07) is 8.33. The van der Waals surface area contributed by atoms with E-state index in [0.717, 1.165) is 5.75 Å². The fourth-order valence-electron chi connectivity index (χ4n) is 1.35. The van der Waals surface area contributed by atoms with Crippen molar-refractivity contribution in [3.8, 4) is 5.75 Å². The third-order valence-corrected chi connectivity index (χ3v) is 2.99. The van der Waals surface area contributed by atoms with Crippen LogP contribution in [0.4, 0.5) is 0 Å². The Balaban J connectivity index is 0.000000280. The van der Waals surface area contributed by atoms with Crippen molar-refractivity contribution in [2.24, 2.45) is 0 Å². The Kier molecular flexibility index (Phi) is 5.21. The minimum absolute atomic E-state index is 0.925. The molecule has 0 saturated heterocycles. The van der Waals surface area contributed by atoms with Crippen molar-refractivity contribution in [2.45, 2.75) is 6.92 Å². The number of aryl methyl sites for hydroxylation is 1. The molecule has 0 N–H and O–H groups in total. The van der Waals surface area contributed by atoms with Crippen LogP contribution in [0.1, 0.15) is 5.56 Å². The minimum Gasteiger partial charge on any atom is -0.497 e. The molecule has 2 rings (SSSR count). The molecule has 0 aliphatic rings. The first kappa shape index (κ1) is 15.0. The van der Waals surface area contributed by atoms with Crippen LogP contribution in [0, 0.1) is 17.2 Å². The highest BCUT2D eigenvalue weighted by atomic mass is 35.7. The molecule has 2 aromatic rings. The highest BCUT2D eigenvalue weighted by Gasteiger charge is 2.07. The lowest BCUT2D eigenvalue weighted by Crippen LogP contribution is -2.68. The number of hydrogen-bond acceptors (Lipinski definition) is 5. The third-order valence-electron chi connectivity index (χ3n) is 2.13. The third kappa shape index (κ3) is 5.09. The van der Waals surface area contributed by atoms with Gasteiger partial charge in [-0.25, -0.2) is 18.6 Å². The molecule has 18 heavy (non-hydrogen) atoms. The number of fused-ring (bicyclic) bond motifs is 1. The van der Waals surface area contributed by atoms with E-state index < -0.39 is 10.2 Å². The summed E-state index contributed by atoms with van der Waals surface area (Å²) in [6.07, 6.45) is 0. The molecule has 0 fully saturated rings. The van der Waals surface area contributed by atoms with Gasteiger partial charge in [0.15, 0.2) is 5.38 Å². The van der Waals surface area contributed by atoms with Crippen LogP contribution >= 0.6 is 11.3 Å². The van der Waals surface area contributed by atoms with E-state index in [9.17, 15) is 0 Å². The lowest BCUT2D eigenvalue weighted by atomic mass is 10.2. The highest BCUT2D eigenvalue weighted by molar-refractivity contribution is 7.16. The van der Waals surface area contributed by atoms with Crippen molar-refractivity contribution < 1.29 is 33.6 Å². The van der Waals surface area contributed by atoms with Crippen molar-refractivity contribution in [1.82, 2.24) is 0 Å². The lowest BCUT2D eigenvalue weighted by molar-refractivity contribution is -2.00. The molecule has 1 aromatic heterocycles. The van der Waals surface area contributed by atoms with Gasteiger partial charge in [0.2, 0.25) is 16.0 Å². The molecule has 0 aliphatic carbocycles. The van der Waals surface area contributed by atoms with Gasteiger partial charge in [0, 0.05) is 11.5 Å². The standard InChI is InChI=1S/C11H11OS.ClHO4/c1-8-5-6-13-11-7-9(12-2)3-4-10(8)11;2-1(3,4)5/h3-7H,1-2H3;(H,2,3,4,5)/q+1;/p-1. The summed E-state index contributed by atoms with van der Waals surface area (Å²) >= 11 is 1.74. The molecule has 0 radical (unpaired) electrons. The van der Waals surface area contributed by atoms with E-state index in [0.29, 0.717) is 0 Å². The Labute approximate surface area is 110 Å². The zero-order valence-corrected chi connectivity index (χ0v) is 11.3. The summed E-state index contributed by atoms with van der Waals surface area (Å²) in [4.78, 5) is 0. The van der Waals surface area contributed by atoms with Gasteiger partial charge >= 0.3 is 0 Å². The molecule has 0 atom stereocenters. The second kappa shape index (κ2) is 6.24. The molecule has 5 nitrogen and oxygen atoms in total. The Morgan fingerprint density at radius 3 is 2.28 bits per heavy atom. The second-order valence-corrected chi connectivity index (χ2v) is 5.05. The van der Waals surface area contributed by atoms with E-state index in [4.69, 9.17) is 23.4 Å². The first-order chi connectivity index (χ1) is 8.31. The van der Waals surface area contributed by atoms with Crippen molar-refractivity contribution in [1.29, 1.82) is 0 Å². The maximum absolute atomic E-state index is 8.49. The van der Waals surface area contributed by atoms with Gasteiger partial charge in [0.1, 0.15) is 5.75 Å². The van der Waals surface area contributed by atoms with Crippen LogP contribution in [0.2, 0.25) is 0 Å². The molecule has 0 spiro atoms. The van der Waals surface area contributed by atoms with E-state index >= 15 is 0 Å². The average molecular weight is 291 g/mol. The van der Waals surface area contributed by atoms with Gasteiger partial charge in [-0.3, -0.25) is 0 Å². The molecule has 0 bridgehead atoms. The lowest BCUT2D eigenvalue weighted by Gasteiger charge is -2.17. The summed E-state index contributed by atoms with van der Waals surface area (Å²) in [6.45, 7) is 2.13. The maximum Gasteiger partial charge on any atom is 0.241 e. The fourth-order valence-corrected chi connectivity index (χ4v) is 2.31. The zero-order chi connectivity index (χ0) is 13.8. The molecule has 1 heterocycles. The van der Waals surface area contributed by atoms with Crippen molar-refractivity contribution in [3.63, 3.8) is 0 Å². The molecular formula is C11H11ClO5S. The number of ether oxygens (including phenoxy) is 1. The molecule has 0 unspecified atom stereocenters. The number of hydrogen-bond donors (Lipinski definition) is 0. The Morgan fingerprint density at radius 1 is 1.11 bits per heavy atom. The monoisotopic (exact) mass is 290 g/mol. The van der Waals surface area contributed by atoms with Crippen LogP contribution in [0.3, 0.4) is 0 Å². The smallest absolute Gasteiger partial charge is 0.241 e. The van der Waals surface area contributed by atoms with Crippen LogP contribution in [0.25, 0.3) is 10.1 Å². The molecule has 98 valence electrons. The minimum atomic E-state index is -4.94. The normalized spacial score (nSPS) is 10.8. The predicted molar refractivity (Wildman–Crippen MR) is 57.5 cm³/mol. The molecule has 7 heteroatoms. The zero-order valence-electron chi connectivity index (χ0n) is 9.71. The Bertz CT molecular complexity index is 520. The van der Waals surface area contributed by atoms with Crippen LogP contribution in [0.5, 0.6) is 5.75 Å². The van der Waals surface area contributed by atoms with Crippen LogP contribution in [-0.2, 0) is 0 Å². The van der Waals surface area contributed by atoms with E-state index in [1.165, 1.54) is 15.6 Å². The first-order valence-corrected chi connectivity index (χ1v) is 6.89. The second-order valence-electron chi connectivity index (χ2n) is 3.34. The van der Waals surface area contributed by atoms with Crippen LogP contribution in [0.15, 0.2) is 29.6 Å². The highest BCUT2D eigenvalue weighted by Crippen LogP contribution is 2.26. The molecule has 0 saturated carbocycles. The molecule has 1 aromatic carbocycles. The van der Waals surface area contributed by atoms with E-state index in [1.807, 2.05) is 6.07 Å². The topological polar surface area (TPSA) is 101 Å². The number of methoxy groups -OCH3 is 1. The average Bonchev–Trinajstić information content (AvgIpc) is 2.26. The van der Waals surface area contributed by atoms with Crippen molar-refractivity contribution >= 4 is 21.4 Å². The SMILES string of the molecule is COc1ccc2c(C)cc[s+]c2c1.[O-][Cl+3]([O-])([O-])[O-]. The summed E-state index contributed by atoms with van der Waals surface area (Å²) in [7, 11) is -3.25. The number of halogens is 1. The van der Waals surface area contributed by atoms with E-state index in [2.05, 4.69) is 30.5 Å². The fraction of sp³-hybridized carbons (Fsp3) is 0.182. The van der Waals surface area contributed by atoms with Gasteiger partial charge < -0.3 is 4.74 Å². The van der Waals surface area contributed by atoms with Crippen LogP contribution in [-0.4, -0.2) is 7.11 Å². The predicted octanol–water partition coefficient (Wildman–Crippen LogP) is -1.26. The molecule has 0 aliphatic heterocycles. The van der Waals surface area contributed by atoms with Gasteiger partial charge in [-0.1, -0.05) is 0 Å². The summed E-state index contributed by atoms with van der Waals surface area (Å²) in [5, 5.41) is 3.42. The Morgan fingerprint density at radius 2 is 1.72 bits per heavy atom. The van der Waals surface area contributed by atoms with Gasteiger partial charge in [-0.15, -0.1) is 10.2 Å². The van der Waals surface area contributed by atoms with Gasteiger partial charge in [-0.2, -0.15) is 0 Å². The van der Waals surface area contributed by atoms with Crippen LogP contribution < -0.4 is 23.4 Å².